The topological polar surface area (TPSA) is 75.9 Å². The van der Waals surface area contributed by atoms with Crippen LogP contribution in [0.15, 0.2) is 35.7 Å². The second-order valence-electron chi connectivity index (χ2n) is 5.08. The van der Waals surface area contributed by atoms with Crippen LogP contribution in [0.5, 0.6) is 0 Å². The van der Waals surface area contributed by atoms with E-state index in [1.165, 1.54) is 5.56 Å². The third kappa shape index (κ3) is 2.81. The number of benzene rings is 1. The molecule has 4 N–H and O–H groups in total. The van der Waals surface area contributed by atoms with Crippen molar-refractivity contribution in [1.29, 1.82) is 0 Å². The minimum absolute atomic E-state index is 0.410. The monoisotopic (exact) mass is 299 g/mol. The molecule has 3 rings (SSSR count). The molecule has 0 aliphatic carbocycles. The SMILES string of the molecule is CC(C)c1cccc(Nc2nc(NN)nc3sccc23)c1. The molecule has 5 nitrogen and oxygen atoms in total. The number of rotatable bonds is 4. The number of nitrogens with one attached hydrogen (secondary N) is 2. The van der Waals surface area contributed by atoms with Crippen LogP contribution in [0.3, 0.4) is 0 Å². The summed E-state index contributed by atoms with van der Waals surface area (Å²) >= 11 is 1.56. The predicted octanol–water partition coefficient (Wildman–Crippen LogP) is 3.84. The van der Waals surface area contributed by atoms with Gasteiger partial charge in [0, 0.05) is 5.69 Å². The van der Waals surface area contributed by atoms with Crippen LogP contribution in [0.4, 0.5) is 17.5 Å². The number of nitrogen functional groups attached to an aromatic ring is 1. The van der Waals surface area contributed by atoms with Gasteiger partial charge in [-0.25, -0.2) is 10.8 Å². The molecule has 21 heavy (non-hydrogen) atoms. The van der Waals surface area contributed by atoms with Gasteiger partial charge in [0.2, 0.25) is 5.95 Å². The molecular weight excluding hydrogens is 282 g/mol. The Morgan fingerprint density at radius 2 is 2.05 bits per heavy atom. The van der Waals surface area contributed by atoms with E-state index in [2.05, 4.69) is 46.7 Å². The summed E-state index contributed by atoms with van der Waals surface area (Å²) in [6.45, 7) is 4.36. The van der Waals surface area contributed by atoms with Gasteiger partial charge in [0.1, 0.15) is 10.6 Å². The molecular formula is C15H17N5S. The van der Waals surface area contributed by atoms with E-state index in [1.54, 1.807) is 11.3 Å². The van der Waals surface area contributed by atoms with Crippen molar-refractivity contribution in [3.05, 3.63) is 41.3 Å². The summed E-state index contributed by atoms with van der Waals surface area (Å²) in [5.41, 5.74) is 4.80. The summed E-state index contributed by atoms with van der Waals surface area (Å²) in [6, 6.07) is 10.4. The van der Waals surface area contributed by atoms with Gasteiger partial charge in [-0.05, 0) is 35.1 Å². The van der Waals surface area contributed by atoms with E-state index in [0.29, 0.717) is 11.9 Å². The molecule has 0 unspecified atom stereocenters. The Hall–Kier alpha value is -2.18. The Kier molecular flexibility index (Phi) is 3.72. The minimum Gasteiger partial charge on any atom is -0.340 e. The van der Waals surface area contributed by atoms with Crippen LogP contribution >= 0.6 is 11.3 Å². The van der Waals surface area contributed by atoms with Gasteiger partial charge in [-0.3, -0.25) is 5.43 Å². The fourth-order valence-electron chi connectivity index (χ4n) is 2.13. The summed E-state index contributed by atoms with van der Waals surface area (Å²) in [4.78, 5) is 9.65. The van der Waals surface area contributed by atoms with Gasteiger partial charge >= 0.3 is 0 Å². The summed E-state index contributed by atoms with van der Waals surface area (Å²) in [7, 11) is 0. The van der Waals surface area contributed by atoms with E-state index in [0.717, 1.165) is 21.7 Å². The number of nitrogens with two attached hydrogens (primary N) is 1. The highest BCUT2D eigenvalue weighted by Gasteiger charge is 2.09. The van der Waals surface area contributed by atoms with E-state index in [9.17, 15) is 0 Å². The smallest absolute Gasteiger partial charge is 0.240 e. The number of hydrogen-bond acceptors (Lipinski definition) is 6. The molecule has 0 saturated carbocycles. The standard InChI is InChI=1S/C15H17N5S/c1-9(2)10-4-3-5-11(8-10)17-13-12-6-7-21-14(12)19-15(18-13)20-16/h3-9H,16H2,1-2H3,(H2,17,18,19,20). The fourth-order valence-corrected chi connectivity index (χ4v) is 2.89. The summed E-state index contributed by atoms with van der Waals surface area (Å²) in [6.07, 6.45) is 0. The Morgan fingerprint density at radius 1 is 1.19 bits per heavy atom. The fraction of sp³-hybridized carbons (Fsp3) is 0.200. The molecule has 2 heterocycles. The first-order valence-electron chi connectivity index (χ1n) is 6.76. The number of aromatic nitrogens is 2. The van der Waals surface area contributed by atoms with E-state index >= 15 is 0 Å². The second kappa shape index (κ2) is 5.67. The average Bonchev–Trinajstić information content (AvgIpc) is 2.96. The van der Waals surface area contributed by atoms with E-state index in [1.807, 2.05) is 23.6 Å². The van der Waals surface area contributed by atoms with Gasteiger partial charge in [-0.15, -0.1) is 11.3 Å². The van der Waals surface area contributed by atoms with Crippen molar-refractivity contribution in [3.8, 4) is 0 Å². The Balaban J connectivity index is 2.01. The lowest BCUT2D eigenvalue weighted by Gasteiger charge is -2.11. The van der Waals surface area contributed by atoms with Gasteiger partial charge in [-0.1, -0.05) is 26.0 Å². The zero-order valence-electron chi connectivity index (χ0n) is 11.9. The van der Waals surface area contributed by atoms with Gasteiger partial charge in [0.15, 0.2) is 0 Å². The zero-order valence-corrected chi connectivity index (χ0v) is 12.7. The largest absolute Gasteiger partial charge is 0.340 e. The van der Waals surface area contributed by atoms with Crippen molar-refractivity contribution in [3.63, 3.8) is 0 Å². The Morgan fingerprint density at radius 3 is 2.81 bits per heavy atom. The molecule has 0 aliphatic heterocycles. The second-order valence-corrected chi connectivity index (χ2v) is 5.98. The van der Waals surface area contributed by atoms with E-state index in [4.69, 9.17) is 5.84 Å². The first kappa shape index (κ1) is 13.8. The van der Waals surface area contributed by atoms with Crippen LogP contribution < -0.4 is 16.6 Å². The summed E-state index contributed by atoms with van der Waals surface area (Å²) in [5.74, 6) is 7.09. The van der Waals surface area contributed by atoms with Crippen molar-refractivity contribution in [2.75, 3.05) is 10.7 Å². The highest BCUT2D eigenvalue weighted by Crippen LogP contribution is 2.29. The number of thiophene rings is 1. The number of fused-ring (bicyclic) bond motifs is 1. The van der Waals surface area contributed by atoms with Crippen molar-refractivity contribution >= 4 is 39.0 Å². The van der Waals surface area contributed by atoms with Crippen LogP contribution in [0, 0.1) is 0 Å². The van der Waals surface area contributed by atoms with Crippen LogP contribution in [0.25, 0.3) is 10.2 Å². The van der Waals surface area contributed by atoms with Crippen molar-refractivity contribution in [2.45, 2.75) is 19.8 Å². The molecule has 6 heteroatoms. The van der Waals surface area contributed by atoms with Gasteiger partial charge in [0.05, 0.1) is 5.39 Å². The van der Waals surface area contributed by atoms with Crippen LogP contribution in [-0.2, 0) is 0 Å². The molecule has 0 aliphatic rings. The summed E-state index contributed by atoms with van der Waals surface area (Å²) in [5, 5.41) is 6.35. The van der Waals surface area contributed by atoms with Gasteiger partial charge in [0.25, 0.3) is 0 Å². The first-order valence-corrected chi connectivity index (χ1v) is 7.64. The lowest BCUT2D eigenvalue weighted by molar-refractivity contribution is 0.867. The highest BCUT2D eigenvalue weighted by molar-refractivity contribution is 7.16. The number of hydrazine groups is 1. The van der Waals surface area contributed by atoms with Crippen molar-refractivity contribution in [2.24, 2.45) is 5.84 Å². The highest BCUT2D eigenvalue weighted by atomic mass is 32.1. The number of anilines is 3. The molecule has 0 radical (unpaired) electrons. The van der Waals surface area contributed by atoms with Gasteiger partial charge in [-0.2, -0.15) is 4.98 Å². The normalized spacial score (nSPS) is 11.0. The molecule has 2 aromatic heterocycles. The quantitative estimate of drug-likeness (QED) is 0.504. The molecule has 108 valence electrons. The van der Waals surface area contributed by atoms with Crippen LogP contribution in [-0.4, -0.2) is 9.97 Å². The van der Waals surface area contributed by atoms with Crippen LogP contribution in [0.1, 0.15) is 25.3 Å². The van der Waals surface area contributed by atoms with Crippen LogP contribution in [0.2, 0.25) is 0 Å². The maximum absolute atomic E-state index is 5.44. The van der Waals surface area contributed by atoms with E-state index < -0.39 is 0 Å². The minimum atomic E-state index is 0.410. The summed E-state index contributed by atoms with van der Waals surface area (Å²) < 4.78 is 0. The maximum atomic E-state index is 5.44. The molecule has 0 saturated heterocycles. The number of nitrogens with zero attached hydrogens (tertiary/aromatic N) is 2. The Labute approximate surface area is 127 Å². The third-order valence-electron chi connectivity index (χ3n) is 3.27. The van der Waals surface area contributed by atoms with Gasteiger partial charge < -0.3 is 5.32 Å². The third-order valence-corrected chi connectivity index (χ3v) is 4.08. The zero-order chi connectivity index (χ0) is 14.8. The Bertz CT molecular complexity index is 766. The molecule has 0 bridgehead atoms. The molecule has 1 aromatic carbocycles. The van der Waals surface area contributed by atoms with Crippen molar-refractivity contribution < 1.29 is 0 Å². The lowest BCUT2D eigenvalue weighted by atomic mass is 10.0. The molecule has 0 spiro atoms. The molecule has 0 atom stereocenters. The number of hydrogen-bond donors (Lipinski definition) is 3. The maximum Gasteiger partial charge on any atom is 0.240 e. The molecule has 3 aromatic rings. The predicted molar refractivity (Wildman–Crippen MR) is 89.0 cm³/mol. The molecule has 0 amide bonds. The lowest BCUT2D eigenvalue weighted by Crippen LogP contribution is -2.11. The first-order chi connectivity index (χ1) is 10.2. The molecule has 0 fully saturated rings. The van der Waals surface area contributed by atoms with Crippen molar-refractivity contribution in [1.82, 2.24) is 9.97 Å². The average molecular weight is 299 g/mol. The van der Waals surface area contributed by atoms with E-state index in [-0.39, 0.29) is 0 Å².